The molecule has 0 saturated heterocycles. The van der Waals surface area contributed by atoms with Gasteiger partial charge in [-0.2, -0.15) is 0 Å². The van der Waals surface area contributed by atoms with Gasteiger partial charge in [0, 0.05) is 12.6 Å². The summed E-state index contributed by atoms with van der Waals surface area (Å²) in [5.74, 6) is -1.99. The third kappa shape index (κ3) is 3.80. The molecular formula is C13H19N3O5. The van der Waals surface area contributed by atoms with E-state index in [1.807, 2.05) is 6.92 Å². The minimum absolute atomic E-state index is 0.0822. The summed E-state index contributed by atoms with van der Waals surface area (Å²) in [6.45, 7) is 5.66. The molecule has 0 aliphatic rings. The Balaban J connectivity index is 3.02. The molecule has 0 aromatic carbocycles. The van der Waals surface area contributed by atoms with E-state index in [9.17, 15) is 19.7 Å². The molecule has 2 N–H and O–H groups in total. The number of rotatable bonds is 7. The number of hydrogen-bond donors (Lipinski definition) is 2. The highest BCUT2D eigenvalue weighted by Crippen LogP contribution is 2.17. The molecule has 0 radical (unpaired) electrons. The van der Waals surface area contributed by atoms with Crippen LogP contribution < -0.4 is 5.32 Å². The van der Waals surface area contributed by atoms with Crippen molar-refractivity contribution < 1.29 is 19.6 Å². The average Bonchev–Trinajstić information content (AvgIpc) is 2.87. The van der Waals surface area contributed by atoms with Gasteiger partial charge in [0.05, 0.1) is 11.1 Å². The van der Waals surface area contributed by atoms with Crippen LogP contribution in [0.3, 0.4) is 0 Å². The van der Waals surface area contributed by atoms with E-state index in [1.54, 1.807) is 13.8 Å². The first kappa shape index (κ1) is 16.7. The van der Waals surface area contributed by atoms with Gasteiger partial charge in [-0.3, -0.25) is 14.9 Å². The Kier molecular flexibility index (Phi) is 5.45. The first-order valence-electron chi connectivity index (χ1n) is 6.70. The molecule has 0 spiro atoms. The molecule has 1 amide bonds. The molecule has 1 rings (SSSR count). The Morgan fingerprint density at radius 2 is 2.10 bits per heavy atom. The second kappa shape index (κ2) is 6.87. The van der Waals surface area contributed by atoms with Gasteiger partial charge in [0.2, 0.25) is 0 Å². The first-order chi connectivity index (χ1) is 9.81. The van der Waals surface area contributed by atoms with Gasteiger partial charge in [-0.05, 0) is 12.8 Å². The van der Waals surface area contributed by atoms with E-state index in [-0.39, 0.29) is 17.3 Å². The number of carbonyl (C=O) groups excluding carboxylic acids is 1. The average molecular weight is 297 g/mol. The third-order valence-corrected chi connectivity index (χ3v) is 3.43. The molecule has 0 aliphatic heterocycles. The molecule has 0 bridgehead atoms. The molecule has 0 fully saturated rings. The second-order valence-electron chi connectivity index (χ2n) is 4.80. The van der Waals surface area contributed by atoms with E-state index >= 15 is 0 Å². The van der Waals surface area contributed by atoms with Crippen molar-refractivity contribution >= 4 is 17.6 Å². The van der Waals surface area contributed by atoms with Crippen LogP contribution in [0.5, 0.6) is 0 Å². The van der Waals surface area contributed by atoms with Crippen LogP contribution in [0.15, 0.2) is 12.3 Å². The van der Waals surface area contributed by atoms with Crippen molar-refractivity contribution in [2.75, 3.05) is 0 Å². The number of hydrogen-bond acceptors (Lipinski definition) is 4. The topological polar surface area (TPSA) is 114 Å². The summed E-state index contributed by atoms with van der Waals surface area (Å²) in [5, 5.41) is 22.3. The van der Waals surface area contributed by atoms with E-state index in [0.717, 1.165) is 6.07 Å². The Bertz CT molecular complexity index is 552. The molecule has 21 heavy (non-hydrogen) atoms. The van der Waals surface area contributed by atoms with Crippen LogP contribution in [-0.2, 0) is 11.3 Å². The zero-order valence-electron chi connectivity index (χ0n) is 12.2. The van der Waals surface area contributed by atoms with E-state index in [2.05, 4.69) is 5.32 Å². The summed E-state index contributed by atoms with van der Waals surface area (Å²) in [7, 11) is 0. The minimum atomic E-state index is -1.12. The highest BCUT2D eigenvalue weighted by Gasteiger charge is 2.27. The number of carbonyl (C=O) groups is 2. The lowest BCUT2D eigenvalue weighted by atomic mass is 9.99. The number of carboxylic acids is 1. The lowest BCUT2D eigenvalue weighted by Gasteiger charge is -2.20. The summed E-state index contributed by atoms with van der Waals surface area (Å²) in [5.41, 5.74) is -0.115. The van der Waals surface area contributed by atoms with Crippen molar-refractivity contribution in [3.63, 3.8) is 0 Å². The van der Waals surface area contributed by atoms with Crippen LogP contribution in [-0.4, -0.2) is 32.5 Å². The fourth-order valence-electron chi connectivity index (χ4n) is 1.95. The van der Waals surface area contributed by atoms with Crippen molar-refractivity contribution in [2.45, 2.75) is 39.8 Å². The van der Waals surface area contributed by atoms with Gasteiger partial charge in [-0.15, -0.1) is 0 Å². The van der Waals surface area contributed by atoms with E-state index in [4.69, 9.17) is 5.11 Å². The SMILES string of the molecule is CCC(C)[C@H](NC(=O)c1cc([N+](=O)[O-])cn1CC)C(=O)O. The van der Waals surface area contributed by atoms with Gasteiger partial charge >= 0.3 is 5.97 Å². The maximum absolute atomic E-state index is 12.2. The largest absolute Gasteiger partial charge is 0.480 e. The zero-order valence-corrected chi connectivity index (χ0v) is 12.2. The molecule has 1 heterocycles. The van der Waals surface area contributed by atoms with Gasteiger partial charge in [-0.25, -0.2) is 4.79 Å². The maximum atomic E-state index is 12.2. The van der Waals surface area contributed by atoms with Crippen molar-refractivity contribution in [3.05, 3.63) is 28.1 Å². The third-order valence-electron chi connectivity index (χ3n) is 3.43. The number of aromatic nitrogens is 1. The molecular weight excluding hydrogens is 278 g/mol. The normalized spacial score (nSPS) is 13.5. The number of nitrogens with zero attached hydrogens (tertiary/aromatic N) is 2. The first-order valence-corrected chi connectivity index (χ1v) is 6.70. The Hall–Kier alpha value is -2.38. The van der Waals surface area contributed by atoms with Crippen LogP contribution in [0.1, 0.15) is 37.7 Å². The molecule has 8 heteroatoms. The van der Waals surface area contributed by atoms with Gasteiger partial charge < -0.3 is 15.0 Å². The minimum Gasteiger partial charge on any atom is -0.480 e. The fraction of sp³-hybridized carbons (Fsp3) is 0.538. The van der Waals surface area contributed by atoms with Crippen LogP contribution in [0.4, 0.5) is 5.69 Å². The quantitative estimate of drug-likeness (QED) is 0.586. The maximum Gasteiger partial charge on any atom is 0.326 e. The molecule has 1 aromatic rings. The van der Waals surface area contributed by atoms with Gasteiger partial charge in [0.1, 0.15) is 11.7 Å². The molecule has 0 saturated carbocycles. The standard InChI is InChI=1S/C13H19N3O5/c1-4-8(3)11(13(18)19)14-12(17)10-6-9(16(20)21)7-15(10)5-2/h6-8,11H,4-5H2,1-3H3,(H,14,17)(H,18,19)/t8?,11-/m0/s1. The zero-order chi connectivity index (χ0) is 16.2. The van der Waals surface area contributed by atoms with E-state index in [1.165, 1.54) is 10.8 Å². The number of nitrogens with one attached hydrogen (secondary N) is 1. The molecule has 2 atom stereocenters. The molecule has 8 nitrogen and oxygen atoms in total. The summed E-state index contributed by atoms with van der Waals surface area (Å²) >= 11 is 0. The van der Waals surface area contributed by atoms with E-state index < -0.39 is 22.8 Å². The van der Waals surface area contributed by atoms with Crippen LogP contribution in [0.2, 0.25) is 0 Å². The second-order valence-corrected chi connectivity index (χ2v) is 4.80. The Morgan fingerprint density at radius 3 is 2.52 bits per heavy atom. The predicted molar refractivity (Wildman–Crippen MR) is 75.1 cm³/mol. The number of carboxylic acid groups (broad SMARTS) is 1. The summed E-state index contributed by atoms with van der Waals surface area (Å²) in [6.07, 6.45) is 1.85. The highest BCUT2D eigenvalue weighted by molar-refractivity contribution is 5.96. The van der Waals surface area contributed by atoms with Gasteiger partial charge in [-0.1, -0.05) is 20.3 Å². The number of amides is 1. The van der Waals surface area contributed by atoms with Crippen LogP contribution in [0, 0.1) is 16.0 Å². The summed E-state index contributed by atoms with van der Waals surface area (Å²) in [6, 6.07) is 0.121. The van der Waals surface area contributed by atoms with Crippen molar-refractivity contribution in [2.24, 2.45) is 5.92 Å². The lowest BCUT2D eigenvalue weighted by molar-refractivity contribution is -0.384. The van der Waals surface area contributed by atoms with E-state index in [0.29, 0.717) is 13.0 Å². The number of nitro groups is 1. The van der Waals surface area contributed by atoms with Crippen LogP contribution >= 0.6 is 0 Å². The lowest BCUT2D eigenvalue weighted by Crippen LogP contribution is -2.45. The van der Waals surface area contributed by atoms with Gasteiger partial charge in [0.25, 0.3) is 11.6 Å². The van der Waals surface area contributed by atoms with Gasteiger partial charge in [0.15, 0.2) is 0 Å². The molecule has 1 aromatic heterocycles. The monoisotopic (exact) mass is 297 g/mol. The number of aryl methyl sites for hydroxylation is 1. The van der Waals surface area contributed by atoms with Crippen molar-refractivity contribution in [3.8, 4) is 0 Å². The molecule has 0 aliphatic carbocycles. The Morgan fingerprint density at radius 1 is 1.48 bits per heavy atom. The molecule has 116 valence electrons. The van der Waals surface area contributed by atoms with Crippen molar-refractivity contribution in [1.82, 2.24) is 9.88 Å². The molecule has 1 unspecified atom stereocenters. The fourth-order valence-corrected chi connectivity index (χ4v) is 1.95. The summed E-state index contributed by atoms with van der Waals surface area (Å²) < 4.78 is 1.42. The van der Waals surface area contributed by atoms with Crippen molar-refractivity contribution in [1.29, 1.82) is 0 Å². The Labute approximate surface area is 121 Å². The predicted octanol–water partition coefficient (Wildman–Crippen LogP) is 1.65. The number of aliphatic carboxylic acids is 1. The smallest absolute Gasteiger partial charge is 0.326 e. The van der Waals surface area contributed by atoms with Crippen LogP contribution in [0.25, 0.3) is 0 Å². The highest BCUT2D eigenvalue weighted by atomic mass is 16.6. The summed E-state index contributed by atoms with van der Waals surface area (Å²) in [4.78, 5) is 33.5.